The number of halogens is 1. The number of hydrogen-bond donors (Lipinski definition) is 2. The van der Waals surface area contributed by atoms with E-state index in [4.69, 9.17) is 5.73 Å². The second kappa shape index (κ2) is 13.7. The van der Waals surface area contributed by atoms with Gasteiger partial charge in [0.1, 0.15) is 0 Å². The Kier molecular flexibility index (Phi) is 13.5. The number of carbonyl (C=O) groups is 1. The second-order valence-corrected chi connectivity index (χ2v) is 5.97. The third-order valence-corrected chi connectivity index (χ3v) is 4.17. The molecule has 0 unspecified atom stereocenters. The zero-order chi connectivity index (χ0) is 13.8. The van der Waals surface area contributed by atoms with Crippen molar-refractivity contribution in [2.45, 2.75) is 77.0 Å². The molecule has 0 aliphatic heterocycles. The molecule has 1 aliphatic rings. The van der Waals surface area contributed by atoms with Crippen LogP contribution < -0.4 is 11.1 Å². The highest BCUT2D eigenvalue weighted by Crippen LogP contribution is 2.21. The SMILES string of the molecule is Cl.NCCCCCCC(=O)NCC1CCCCCCC1. The van der Waals surface area contributed by atoms with Gasteiger partial charge in [0, 0.05) is 13.0 Å². The predicted octanol–water partition coefficient (Wildman–Crippen LogP) is 3.79. The van der Waals surface area contributed by atoms with Crippen molar-refractivity contribution in [1.29, 1.82) is 0 Å². The van der Waals surface area contributed by atoms with Crippen molar-refractivity contribution in [2.24, 2.45) is 11.7 Å². The van der Waals surface area contributed by atoms with Crippen LogP contribution in [0.4, 0.5) is 0 Å². The van der Waals surface area contributed by atoms with Crippen molar-refractivity contribution >= 4 is 18.3 Å². The molecule has 0 aromatic rings. The standard InChI is InChI=1S/C16H32N2O.ClH/c17-13-9-5-4-8-12-16(19)18-14-15-10-6-2-1-3-7-11-15;/h15H,1-14,17H2,(H,18,19);1H. The van der Waals surface area contributed by atoms with Gasteiger partial charge in [-0.05, 0) is 38.1 Å². The zero-order valence-electron chi connectivity index (χ0n) is 12.9. The Balaban J connectivity index is 0.00000361. The van der Waals surface area contributed by atoms with Gasteiger partial charge in [0.15, 0.2) is 0 Å². The molecule has 0 aromatic carbocycles. The molecule has 1 amide bonds. The third kappa shape index (κ3) is 10.5. The van der Waals surface area contributed by atoms with Crippen molar-refractivity contribution in [1.82, 2.24) is 5.32 Å². The third-order valence-electron chi connectivity index (χ3n) is 4.17. The smallest absolute Gasteiger partial charge is 0.220 e. The summed E-state index contributed by atoms with van der Waals surface area (Å²) in [6.45, 7) is 1.68. The lowest BCUT2D eigenvalue weighted by atomic mass is 9.91. The summed E-state index contributed by atoms with van der Waals surface area (Å²) in [7, 11) is 0. The average molecular weight is 305 g/mol. The Morgan fingerprint density at radius 1 is 0.950 bits per heavy atom. The van der Waals surface area contributed by atoms with Crippen LogP contribution in [0.15, 0.2) is 0 Å². The van der Waals surface area contributed by atoms with E-state index in [0.717, 1.165) is 44.7 Å². The van der Waals surface area contributed by atoms with Crippen molar-refractivity contribution in [3.05, 3.63) is 0 Å². The van der Waals surface area contributed by atoms with Crippen molar-refractivity contribution in [3.63, 3.8) is 0 Å². The fourth-order valence-corrected chi connectivity index (χ4v) is 2.87. The highest BCUT2D eigenvalue weighted by Gasteiger charge is 2.12. The molecule has 1 saturated carbocycles. The van der Waals surface area contributed by atoms with Crippen LogP contribution >= 0.6 is 12.4 Å². The van der Waals surface area contributed by atoms with Gasteiger partial charge >= 0.3 is 0 Å². The molecule has 0 aromatic heterocycles. The van der Waals surface area contributed by atoms with Crippen LogP contribution in [0.5, 0.6) is 0 Å². The first-order valence-corrected chi connectivity index (χ1v) is 8.29. The minimum atomic E-state index is 0. The number of amides is 1. The molecule has 1 aliphatic carbocycles. The molecule has 1 fully saturated rings. The van der Waals surface area contributed by atoms with E-state index in [-0.39, 0.29) is 18.3 Å². The second-order valence-electron chi connectivity index (χ2n) is 5.97. The minimum Gasteiger partial charge on any atom is -0.356 e. The molecule has 3 nitrogen and oxygen atoms in total. The molecule has 0 atom stereocenters. The number of carbonyl (C=O) groups excluding carboxylic acids is 1. The molecule has 0 saturated heterocycles. The normalized spacial score (nSPS) is 16.9. The highest BCUT2D eigenvalue weighted by molar-refractivity contribution is 5.85. The summed E-state index contributed by atoms with van der Waals surface area (Å²) in [6, 6.07) is 0. The Morgan fingerprint density at radius 2 is 1.55 bits per heavy atom. The number of hydrogen-bond acceptors (Lipinski definition) is 2. The van der Waals surface area contributed by atoms with Gasteiger partial charge in [-0.1, -0.05) is 44.9 Å². The van der Waals surface area contributed by atoms with Crippen molar-refractivity contribution in [3.8, 4) is 0 Å². The first-order chi connectivity index (χ1) is 9.33. The number of rotatable bonds is 8. The Bertz CT molecular complexity index is 229. The summed E-state index contributed by atoms with van der Waals surface area (Å²) < 4.78 is 0. The number of unbranched alkanes of at least 4 members (excludes halogenated alkanes) is 3. The van der Waals surface area contributed by atoms with Crippen LogP contribution in [-0.4, -0.2) is 19.0 Å². The molecule has 1 rings (SSSR count). The van der Waals surface area contributed by atoms with Gasteiger partial charge in [-0.2, -0.15) is 0 Å². The van der Waals surface area contributed by atoms with Gasteiger partial charge in [0.2, 0.25) is 5.91 Å². The molecular weight excluding hydrogens is 272 g/mol. The fourth-order valence-electron chi connectivity index (χ4n) is 2.87. The Labute approximate surface area is 130 Å². The monoisotopic (exact) mass is 304 g/mol. The molecular formula is C16H33ClN2O. The predicted molar refractivity (Wildman–Crippen MR) is 88.2 cm³/mol. The Hall–Kier alpha value is -0.280. The molecule has 20 heavy (non-hydrogen) atoms. The molecule has 0 heterocycles. The lowest BCUT2D eigenvalue weighted by Crippen LogP contribution is -2.29. The van der Waals surface area contributed by atoms with E-state index in [9.17, 15) is 4.79 Å². The van der Waals surface area contributed by atoms with E-state index >= 15 is 0 Å². The summed E-state index contributed by atoms with van der Waals surface area (Å²) in [5, 5.41) is 3.13. The van der Waals surface area contributed by atoms with Gasteiger partial charge in [0.05, 0.1) is 0 Å². The van der Waals surface area contributed by atoms with Gasteiger partial charge in [-0.15, -0.1) is 12.4 Å². The van der Waals surface area contributed by atoms with Crippen molar-refractivity contribution in [2.75, 3.05) is 13.1 Å². The molecule has 0 radical (unpaired) electrons. The highest BCUT2D eigenvalue weighted by atomic mass is 35.5. The van der Waals surface area contributed by atoms with E-state index in [2.05, 4.69) is 5.32 Å². The summed E-state index contributed by atoms with van der Waals surface area (Å²) in [5.41, 5.74) is 5.45. The molecule has 120 valence electrons. The lowest BCUT2D eigenvalue weighted by molar-refractivity contribution is -0.121. The van der Waals surface area contributed by atoms with Crippen LogP contribution in [0.2, 0.25) is 0 Å². The van der Waals surface area contributed by atoms with Gasteiger partial charge in [-0.3, -0.25) is 4.79 Å². The molecule has 0 spiro atoms. The molecule has 0 bridgehead atoms. The first-order valence-electron chi connectivity index (χ1n) is 8.29. The largest absolute Gasteiger partial charge is 0.356 e. The van der Waals surface area contributed by atoms with Crippen LogP contribution in [0.1, 0.15) is 77.0 Å². The molecule has 4 heteroatoms. The zero-order valence-corrected chi connectivity index (χ0v) is 13.7. The summed E-state index contributed by atoms with van der Waals surface area (Å²) in [5.74, 6) is 0.969. The lowest BCUT2D eigenvalue weighted by Gasteiger charge is -2.20. The van der Waals surface area contributed by atoms with E-state index in [1.807, 2.05) is 0 Å². The average Bonchev–Trinajstić information content (AvgIpc) is 2.37. The summed E-state index contributed by atoms with van der Waals surface area (Å²) in [4.78, 5) is 11.7. The van der Waals surface area contributed by atoms with Crippen molar-refractivity contribution < 1.29 is 4.79 Å². The first kappa shape index (κ1) is 19.7. The van der Waals surface area contributed by atoms with Crippen LogP contribution in [0, 0.1) is 5.92 Å². The van der Waals surface area contributed by atoms with Crippen LogP contribution in [-0.2, 0) is 4.79 Å². The van der Waals surface area contributed by atoms with Crippen LogP contribution in [0.3, 0.4) is 0 Å². The van der Waals surface area contributed by atoms with E-state index < -0.39 is 0 Å². The van der Waals surface area contributed by atoms with E-state index in [1.54, 1.807) is 0 Å². The maximum absolute atomic E-state index is 11.7. The fraction of sp³-hybridized carbons (Fsp3) is 0.938. The summed E-state index contributed by atoms with van der Waals surface area (Å²) >= 11 is 0. The van der Waals surface area contributed by atoms with E-state index in [1.165, 1.54) is 44.9 Å². The maximum atomic E-state index is 11.7. The maximum Gasteiger partial charge on any atom is 0.220 e. The van der Waals surface area contributed by atoms with E-state index in [0.29, 0.717) is 6.42 Å². The van der Waals surface area contributed by atoms with Gasteiger partial charge < -0.3 is 11.1 Å². The topological polar surface area (TPSA) is 55.1 Å². The van der Waals surface area contributed by atoms with Gasteiger partial charge in [-0.25, -0.2) is 0 Å². The summed E-state index contributed by atoms with van der Waals surface area (Å²) in [6.07, 6.45) is 14.5. The Morgan fingerprint density at radius 3 is 2.20 bits per heavy atom. The number of nitrogens with two attached hydrogens (primary N) is 1. The number of nitrogens with one attached hydrogen (secondary N) is 1. The minimum absolute atomic E-state index is 0. The van der Waals surface area contributed by atoms with Crippen LogP contribution in [0.25, 0.3) is 0 Å². The molecule has 3 N–H and O–H groups in total. The van der Waals surface area contributed by atoms with Gasteiger partial charge in [0.25, 0.3) is 0 Å². The quantitative estimate of drug-likeness (QED) is 0.670.